The molecule has 0 bridgehead atoms. The van der Waals surface area contributed by atoms with Crippen molar-refractivity contribution in [2.24, 2.45) is 0 Å². The number of carbonyl (C=O) groups excluding carboxylic acids is 1. The molecule has 0 saturated carbocycles. The third-order valence-corrected chi connectivity index (χ3v) is 7.38. The first-order valence-corrected chi connectivity index (χ1v) is 12.4. The first-order valence-electron chi connectivity index (χ1n) is 10.5. The van der Waals surface area contributed by atoms with E-state index in [1.54, 1.807) is 43.5 Å². The van der Waals surface area contributed by atoms with Gasteiger partial charge >= 0.3 is 0 Å². The maximum atomic E-state index is 13.3. The molecule has 0 fully saturated rings. The van der Waals surface area contributed by atoms with E-state index in [-0.39, 0.29) is 17.3 Å². The van der Waals surface area contributed by atoms with Crippen LogP contribution in [-0.2, 0) is 21.2 Å². The zero-order valence-corrected chi connectivity index (χ0v) is 20.2. The standard InChI is InChI=1S/C25H27ClN2O4S/c1-19-10-13-21(17-24(19)26)28(33(30,31)23-8-4-3-5-9-23)18-25(29)27-16-6-7-20-11-14-22(32-2)15-12-20/h3-5,8-15,17H,6-7,16,18H2,1-2H3,(H,27,29). The number of methoxy groups -OCH3 is 1. The predicted octanol–water partition coefficient (Wildman–Crippen LogP) is 4.60. The average molecular weight is 487 g/mol. The van der Waals surface area contributed by atoms with Gasteiger partial charge in [0.05, 0.1) is 17.7 Å². The predicted molar refractivity (Wildman–Crippen MR) is 131 cm³/mol. The number of nitrogens with zero attached hydrogens (tertiary/aromatic N) is 1. The summed E-state index contributed by atoms with van der Waals surface area (Å²) in [7, 11) is -2.34. The molecule has 0 heterocycles. The molecule has 1 amide bonds. The molecule has 0 radical (unpaired) electrons. The molecule has 0 aliphatic carbocycles. The van der Waals surface area contributed by atoms with Crippen LogP contribution in [0.25, 0.3) is 0 Å². The van der Waals surface area contributed by atoms with Crippen LogP contribution in [0.5, 0.6) is 5.75 Å². The van der Waals surface area contributed by atoms with Gasteiger partial charge in [-0.2, -0.15) is 0 Å². The number of nitrogens with one attached hydrogen (secondary N) is 1. The fourth-order valence-corrected chi connectivity index (χ4v) is 4.88. The lowest BCUT2D eigenvalue weighted by atomic mass is 10.1. The Kier molecular flexibility index (Phi) is 8.36. The molecule has 33 heavy (non-hydrogen) atoms. The second kappa shape index (κ2) is 11.2. The first-order chi connectivity index (χ1) is 15.8. The van der Waals surface area contributed by atoms with Crippen LogP contribution in [0.2, 0.25) is 5.02 Å². The maximum absolute atomic E-state index is 13.3. The fourth-order valence-electron chi connectivity index (χ4n) is 3.27. The summed E-state index contributed by atoms with van der Waals surface area (Å²) in [6.45, 7) is 1.91. The number of carbonyl (C=O) groups is 1. The van der Waals surface area contributed by atoms with Crippen molar-refractivity contribution < 1.29 is 17.9 Å². The number of ether oxygens (including phenoxy) is 1. The highest BCUT2D eigenvalue weighted by Gasteiger charge is 2.27. The molecular weight excluding hydrogens is 460 g/mol. The second-order valence-electron chi connectivity index (χ2n) is 7.56. The SMILES string of the molecule is COc1ccc(CCCNC(=O)CN(c2ccc(C)c(Cl)c2)S(=O)(=O)c2ccccc2)cc1. The highest BCUT2D eigenvalue weighted by molar-refractivity contribution is 7.92. The molecule has 0 saturated heterocycles. The van der Waals surface area contributed by atoms with Gasteiger partial charge in [0, 0.05) is 11.6 Å². The van der Waals surface area contributed by atoms with Crippen LogP contribution in [0.1, 0.15) is 17.5 Å². The van der Waals surface area contributed by atoms with E-state index in [0.717, 1.165) is 34.0 Å². The Morgan fingerprint density at radius 2 is 1.73 bits per heavy atom. The number of rotatable bonds is 10. The summed E-state index contributed by atoms with van der Waals surface area (Å²) >= 11 is 6.24. The van der Waals surface area contributed by atoms with Crippen molar-refractivity contribution in [1.82, 2.24) is 5.32 Å². The lowest BCUT2D eigenvalue weighted by Gasteiger charge is -2.24. The monoisotopic (exact) mass is 486 g/mol. The van der Waals surface area contributed by atoms with Crippen LogP contribution < -0.4 is 14.4 Å². The Morgan fingerprint density at radius 1 is 1.03 bits per heavy atom. The Balaban J connectivity index is 1.69. The zero-order chi connectivity index (χ0) is 23.8. The van der Waals surface area contributed by atoms with Crippen molar-refractivity contribution in [2.45, 2.75) is 24.7 Å². The molecule has 3 aromatic rings. The maximum Gasteiger partial charge on any atom is 0.264 e. The van der Waals surface area contributed by atoms with Gasteiger partial charge in [-0.3, -0.25) is 9.10 Å². The number of hydrogen-bond donors (Lipinski definition) is 1. The van der Waals surface area contributed by atoms with Crippen LogP contribution in [0.4, 0.5) is 5.69 Å². The topological polar surface area (TPSA) is 75.7 Å². The van der Waals surface area contributed by atoms with Crippen molar-refractivity contribution in [3.8, 4) is 5.75 Å². The van der Waals surface area contributed by atoms with E-state index in [9.17, 15) is 13.2 Å². The summed E-state index contributed by atoms with van der Waals surface area (Å²) in [5.74, 6) is 0.406. The normalized spacial score (nSPS) is 11.1. The second-order valence-corrected chi connectivity index (χ2v) is 9.83. The van der Waals surface area contributed by atoms with Crippen molar-refractivity contribution in [3.05, 3.63) is 88.9 Å². The average Bonchev–Trinajstić information content (AvgIpc) is 2.83. The molecule has 0 aromatic heterocycles. The summed E-state index contributed by atoms with van der Waals surface area (Å²) in [6.07, 6.45) is 1.50. The van der Waals surface area contributed by atoms with E-state index >= 15 is 0 Å². The zero-order valence-electron chi connectivity index (χ0n) is 18.6. The lowest BCUT2D eigenvalue weighted by molar-refractivity contribution is -0.119. The Morgan fingerprint density at radius 3 is 2.36 bits per heavy atom. The Bertz CT molecular complexity index is 1180. The van der Waals surface area contributed by atoms with E-state index < -0.39 is 10.0 Å². The van der Waals surface area contributed by atoms with Crippen LogP contribution >= 0.6 is 11.6 Å². The summed E-state index contributed by atoms with van der Waals surface area (Å²) in [4.78, 5) is 12.8. The van der Waals surface area contributed by atoms with Gasteiger partial charge in [0.15, 0.2) is 0 Å². The Labute approximate surface area is 200 Å². The molecule has 0 aliphatic rings. The first kappa shape index (κ1) is 24.6. The molecule has 0 spiro atoms. The van der Waals surface area contributed by atoms with E-state index in [0.29, 0.717) is 17.3 Å². The fraction of sp³-hybridized carbons (Fsp3) is 0.240. The minimum absolute atomic E-state index is 0.106. The van der Waals surface area contributed by atoms with E-state index in [1.165, 1.54) is 12.1 Å². The van der Waals surface area contributed by atoms with E-state index in [2.05, 4.69) is 5.32 Å². The van der Waals surface area contributed by atoms with Gasteiger partial charge < -0.3 is 10.1 Å². The van der Waals surface area contributed by atoms with Crippen molar-refractivity contribution in [3.63, 3.8) is 0 Å². The van der Waals surface area contributed by atoms with E-state index in [1.807, 2.05) is 31.2 Å². The third-order valence-electron chi connectivity index (χ3n) is 5.19. The van der Waals surface area contributed by atoms with Crippen LogP contribution in [0.15, 0.2) is 77.7 Å². The van der Waals surface area contributed by atoms with Gasteiger partial charge in [-0.05, 0) is 67.3 Å². The number of hydrogen-bond acceptors (Lipinski definition) is 4. The number of aryl methyl sites for hydroxylation is 2. The highest BCUT2D eigenvalue weighted by Crippen LogP contribution is 2.27. The van der Waals surface area contributed by atoms with Gasteiger partial charge in [-0.25, -0.2) is 8.42 Å². The number of anilines is 1. The number of sulfonamides is 1. The molecule has 6 nitrogen and oxygen atoms in total. The van der Waals surface area contributed by atoms with Crippen molar-refractivity contribution in [1.29, 1.82) is 0 Å². The molecular formula is C25H27ClN2O4S. The van der Waals surface area contributed by atoms with Crippen molar-refractivity contribution >= 4 is 33.2 Å². The van der Waals surface area contributed by atoms with Crippen LogP contribution in [0.3, 0.4) is 0 Å². The van der Waals surface area contributed by atoms with Gasteiger partial charge in [-0.1, -0.05) is 48.0 Å². The van der Waals surface area contributed by atoms with Crippen LogP contribution in [-0.4, -0.2) is 34.5 Å². The molecule has 0 atom stereocenters. The number of halogens is 1. The minimum atomic E-state index is -3.96. The molecule has 3 aromatic carbocycles. The lowest BCUT2D eigenvalue weighted by Crippen LogP contribution is -2.41. The number of amides is 1. The summed E-state index contributed by atoms with van der Waals surface area (Å²) in [5, 5.41) is 3.25. The molecule has 0 unspecified atom stereocenters. The number of benzene rings is 3. The minimum Gasteiger partial charge on any atom is -0.497 e. The van der Waals surface area contributed by atoms with Gasteiger partial charge in [0.2, 0.25) is 5.91 Å². The summed E-state index contributed by atoms with van der Waals surface area (Å²) < 4.78 is 32.9. The highest BCUT2D eigenvalue weighted by atomic mass is 35.5. The largest absolute Gasteiger partial charge is 0.497 e. The molecule has 0 aliphatic heterocycles. The molecule has 3 rings (SSSR count). The molecule has 174 valence electrons. The molecule has 8 heteroatoms. The smallest absolute Gasteiger partial charge is 0.264 e. The molecule has 1 N–H and O–H groups in total. The van der Waals surface area contributed by atoms with Gasteiger partial charge in [-0.15, -0.1) is 0 Å². The van der Waals surface area contributed by atoms with Gasteiger partial charge in [0.25, 0.3) is 10.0 Å². The quantitative estimate of drug-likeness (QED) is 0.425. The van der Waals surface area contributed by atoms with E-state index in [4.69, 9.17) is 16.3 Å². The Hall–Kier alpha value is -3.03. The van der Waals surface area contributed by atoms with Crippen LogP contribution in [0, 0.1) is 6.92 Å². The van der Waals surface area contributed by atoms with Gasteiger partial charge in [0.1, 0.15) is 12.3 Å². The third kappa shape index (κ3) is 6.49. The van der Waals surface area contributed by atoms with Crippen molar-refractivity contribution in [2.75, 3.05) is 24.5 Å². The summed E-state index contributed by atoms with van der Waals surface area (Å²) in [6, 6.07) is 20.7. The summed E-state index contributed by atoms with van der Waals surface area (Å²) in [5.41, 5.74) is 2.29.